The van der Waals surface area contributed by atoms with Gasteiger partial charge >= 0.3 is 6.01 Å². The predicted octanol–water partition coefficient (Wildman–Crippen LogP) is 1.79. The summed E-state index contributed by atoms with van der Waals surface area (Å²) < 4.78 is 5.46. The number of aromatic amines is 1. The molecule has 3 heterocycles. The van der Waals surface area contributed by atoms with Gasteiger partial charge in [0, 0.05) is 31.7 Å². The molecule has 4 rings (SSSR count). The highest BCUT2D eigenvalue weighted by Gasteiger charge is 2.22. The van der Waals surface area contributed by atoms with E-state index in [2.05, 4.69) is 54.2 Å². The Morgan fingerprint density at radius 1 is 1.04 bits per heavy atom. The first-order chi connectivity index (χ1) is 12.2. The van der Waals surface area contributed by atoms with E-state index in [9.17, 15) is 0 Å². The number of rotatable bonds is 4. The first-order valence-electron chi connectivity index (χ1n) is 8.43. The molecule has 130 valence electrons. The number of piperazine rings is 1. The summed E-state index contributed by atoms with van der Waals surface area (Å²) in [6.45, 7) is 8.25. The molecule has 0 saturated carbocycles. The Morgan fingerprint density at radius 3 is 2.48 bits per heavy atom. The molecule has 2 aromatic heterocycles. The van der Waals surface area contributed by atoms with Crippen LogP contribution in [-0.4, -0.2) is 56.4 Å². The van der Waals surface area contributed by atoms with Gasteiger partial charge in [0.2, 0.25) is 5.82 Å². The zero-order chi connectivity index (χ0) is 17.2. The average molecular weight is 339 g/mol. The first-order valence-corrected chi connectivity index (χ1v) is 8.43. The van der Waals surface area contributed by atoms with Crippen LogP contribution in [0.25, 0.3) is 11.4 Å². The zero-order valence-electron chi connectivity index (χ0n) is 14.4. The number of aryl methyl sites for hydroxylation is 2. The molecule has 8 heteroatoms. The molecule has 1 aliphatic rings. The van der Waals surface area contributed by atoms with Crippen molar-refractivity contribution in [3.63, 3.8) is 0 Å². The zero-order valence-corrected chi connectivity index (χ0v) is 14.4. The summed E-state index contributed by atoms with van der Waals surface area (Å²) in [4.78, 5) is 13.4. The van der Waals surface area contributed by atoms with Gasteiger partial charge in [-0.1, -0.05) is 35.0 Å². The van der Waals surface area contributed by atoms with Crippen LogP contribution in [0, 0.1) is 13.8 Å². The van der Waals surface area contributed by atoms with E-state index in [1.807, 2.05) is 19.1 Å². The molecule has 1 fully saturated rings. The second-order valence-corrected chi connectivity index (χ2v) is 6.37. The lowest BCUT2D eigenvalue weighted by Gasteiger charge is -2.32. The lowest BCUT2D eigenvalue weighted by atomic mass is 10.1. The minimum atomic E-state index is 0.587. The van der Waals surface area contributed by atoms with Crippen molar-refractivity contribution in [2.45, 2.75) is 20.4 Å². The first kappa shape index (κ1) is 15.8. The number of hydrogen-bond donors (Lipinski definition) is 1. The van der Waals surface area contributed by atoms with Crippen molar-refractivity contribution >= 4 is 6.01 Å². The molecule has 25 heavy (non-hydrogen) atoms. The Morgan fingerprint density at radius 2 is 1.80 bits per heavy atom. The van der Waals surface area contributed by atoms with E-state index in [0.717, 1.165) is 49.9 Å². The number of anilines is 1. The second-order valence-electron chi connectivity index (χ2n) is 6.37. The maximum atomic E-state index is 5.46. The molecule has 0 radical (unpaired) electrons. The minimum absolute atomic E-state index is 0.587. The Labute approximate surface area is 145 Å². The normalized spacial score (nSPS) is 15.7. The Kier molecular flexibility index (Phi) is 4.19. The van der Waals surface area contributed by atoms with Crippen molar-refractivity contribution in [1.82, 2.24) is 30.2 Å². The summed E-state index contributed by atoms with van der Waals surface area (Å²) in [5.41, 5.74) is 2.18. The molecule has 1 aromatic carbocycles. The summed E-state index contributed by atoms with van der Waals surface area (Å²) in [6.07, 6.45) is 0. The Bertz CT molecular complexity index is 831. The highest BCUT2D eigenvalue weighted by atomic mass is 16.5. The van der Waals surface area contributed by atoms with Crippen LogP contribution in [0.2, 0.25) is 0 Å². The molecule has 0 amide bonds. The molecule has 0 atom stereocenters. The van der Waals surface area contributed by atoms with Crippen molar-refractivity contribution in [2.75, 3.05) is 31.1 Å². The molecular weight excluding hydrogens is 318 g/mol. The molecular formula is C17H21N7O. The minimum Gasteiger partial charge on any atom is -0.322 e. The number of hydrogen-bond acceptors (Lipinski definition) is 7. The molecule has 0 bridgehead atoms. The largest absolute Gasteiger partial charge is 0.324 e. The Balaban J connectivity index is 1.37. The fraction of sp³-hybridized carbons (Fsp3) is 0.412. The van der Waals surface area contributed by atoms with Crippen LogP contribution >= 0.6 is 0 Å². The molecule has 1 N–H and O–H groups in total. The summed E-state index contributed by atoms with van der Waals surface area (Å²) in [5.74, 6) is 2.32. The van der Waals surface area contributed by atoms with Gasteiger partial charge in [0.25, 0.3) is 0 Å². The molecule has 0 unspecified atom stereocenters. The van der Waals surface area contributed by atoms with Crippen LogP contribution in [0.5, 0.6) is 0 Å². The van der Waals surface area contributed by atoms with Gasteiger partial charge in [-0.25, -0.2) is 4.98 Å². The number of benzene rings is 1. The Hall–Kier alpha value is -2.74. The van der Waals surface area contributed by atoms with E-state index in [-0.39, 0.29) is 0 Å². The standard InChI is InChI=1S/C17H21N7O/c1-12-3-5-14(6-4-12)16-19-17(25-22-16)24-9-7-23(8-10-24)11-15-18-13(2)20-21-15/h3-6H,7-11H2,1-2H3,(H,18,20,21). The monoisotopic (exact) mass is 339 g/mol. The molecule has 8 nitrogen and oxygen atoms in total. The van der Waals surface area contributed by atoms with E-state index >= 15 is 0 Å². The average Bonchev–Trinajstić information content (AvgIpc) is 3.26. The maximum absolute atomic E-state index is 5.46. The fourth-order valence-corrected chi connectivity index (χ4v) is 2.92. The van der Waals surface area contributed by atoms with Gasteiger partial charge in [-0.2, -0.15) is 10.1 Å². The molecule has 3 aromatic rings. The quantitative estimate of drug-likeness (QED) is 0.775. The highest BCUT2D eigenvalue weighted by molar-refractivity contribution is 5.56. The molecule has 0 spiro atoms. The lowest BCUT2D eigenvalue weighted by molar-refractivity contribution is 0.237. The van der Waals surface area contributed by atoms with Gasteiger partial charge in [-0.3, -0.25) is 10.00 Å². The van der Waals surface area contributed by atoms with Crippen molar-refractivity contribution in [3.05, 3.63) is 41.5 Å². The van der Waals surface area contributed by atoms with Crippen molar-refractivity contribution in [1.29, 1.82) is 0 Å². The van der Waals surface area contributed by atoms with Crippen LogP contribution in [0.15, 0.2) is 28.8 Å². The van der Waals surface area contributed by atoms with Gasteiger partial charge in [-0.05, 0) is 13.8 Å². The number of aromatic nitrogens is 5. The summed E-state index contributed by atoms with van der Waals surface area (Å²) in [7, 11) is 0. The third kappa shape index (κ3) is 3.53. The molecule has 1 saturated heterocycles. The highest BCUT2D eigenvalue weighted by Crippen LogP contribution is 2.21. The third-order valence-corrected chi connectivity index (χ3v) is 4.38. The van der Waals surface area contributed by atoms with Gasteiger partial charge < -0.3 is 9.42 Å². The van der Waals surface area contributed by atoms with Crippen LogP contribution in [0.1, 0.15) is 17.2 Å². The van der Waals surface area contributed by atoms with E-state index < -0.39 is 0 Å². The maximum Gasteiger partial charge on any atom is 0.324 e. The molecule has 1 aliphatic heterocycles. The topological polar surface area (TPSA) is 87.0 Å². The second kappa shape index (κ2) is 6.64. The van der Waals surface area contributed by atoms with E-state index in [1.54, 1.807) is 0 Å². The summed E-state index contributed by atoms with van der Waals surface area (Å²) in [5, 5.41) is 11.2. The van der Waals surface area contributed by atoms with Crippen LogP contribution in [0.3, 0.4) is 0 Å². The smallest absolute Gasteiger partial charge is 0.322 e. The van der Waals surface area contributed by atoms with Crippen LogP contribution in [0.4, 0.5) is 6.01 Å². The third-order valence-electron chi connectivity index (χ3n) is 4.38. The fourth-order valence-electron chi connectivity index (χ4n) is 2.92. The predicted molar refractivity (Wildman–Crippen MR) is 93.1 cm³/mol. The summed E-state index contributed by atoms with van der Waals surface area (Å²) in [6, 6.07) is 8.72. The lowest BCUT2D eigenvalue weighted by Crippen LogP contribution is -2.46. The van der Waals surface area contributed by atoms with Crippen molar-refractivity contribution in [2.24, 2.45) is 0 Å². The van der Waals surface area contributed by atoms with Gasteiger partial charge in [0.05, 0.1) is 6.54 Å². The van der Waals surface area contributed by atoms with E-state index in [4.69, 9.17) is 4.52 Å². The van der Waals surface area contributed by atoms with Crippen molar-refractivity contribution < 1.29 is 4.52 Å². The van der Waals surface area contributed by atoms with Gasteiger partial charge in [0.1, 0.15) is 5.82 Å². The van der Waals surface area contributed by atoms with Gasteiger partial charge in [-0.15, -0.1) is 0 Å². The van der Waals surface area contributed by atoms with Crippen molar-refractivity contribution in [3.8, 4) is 11.4 Å². The summed E-state index contributed by atoms with van der Waals surface area (Å²) >= 11 is 0. The van der Waals surface area contributed by atoms with E-state index in [0.29, 0.717) is 11.8 Å². The van der Waals surface area contributed by atoms with E-state index in [1.165, 1.54) is 5.56 Å². The number of nitrogens with zero attached hydrogens (tertiary/aromatic N) is 6. The van der Waals surface area contributed by atoms with Gasteiger partial charge in [0.15, 0.2) is 5.82 Å². The SMILES string of the molecule is Cc1ccc(-c2noc(N3CCN(Cc4n[nH]c(C)n4)CC3)n2)cc1. The number of nitrogens with one attached hydrogen (secondary N) is 1. The van der Waals surface area contributed by atoms with Crippen LogP contribution < -0.4 is 4.90 Å². The van der Waals surface area contributed by atoms with Crippen LogP contribution in [-0.2, 0) is 6.54 Å². The molecule has 0 aliphatic carbocycles. The number of H-pyrrole nitrogens is 1.